The second kappa shape index (κ2) is 4.49. The van der Waals surface area contributed by atoms with Crippen molar-refractivity contribution in [1.82, 2.24) is 4.98 Å². The molecule has 0 fully saturated rings. The van der Waals surface area contributed by atoms with Gasteiger partial charge in [-0.2, -0.15) is 0 Å². The maximum absolute atomic E-state index is 4.22. The molecule has 1 aromatic heterocycles. The van der Waals surface area contributed by atoms with Crippen molar-refractivity contribution in [2.45, 2.75) is 18.9 Å². The van der Waals surface area contributed by atoms with Crippen molar-refractivity contribution in [3.8, 4) is 0 Å². The Labute approximate surface area is 109 Å². The fourth-order valence-electron chi connectivity index (χ4n) is 2.36. The molecule has 86 valence electrons. The first-order valence-electron chi connectivity index (χ1n) is 5.76. The third-order valence-electron chi connectivity index (χ3n) is 3.15. The lowest BCUT2D eigenvalue weighted by molar-refractivity contribution is 0.773. The highest BCUT2D eigenvalue weighted by molar-refractivity contribution is 9.10. The molecular weight excluding hydrogens is 276 g/mol. The first-order chi connectivity index (χ1) is 8.31. The quantitative estimate of drug-likeness (QED) is 0.857. The Morgan fingerprint density at radius 1 is 1.06 bits per heavy atom. The highest BCUT2D eigenvalue weighted by atomic mass is 79.9. The van der Waals surface area contributed by atoms with Crippen LogP contribution in [0.2, 0.25) is 0 Å². The molecule has 0 saturated carbocycles. The number of nitrogens with zero attached hydrogens (tertiary/aromatic N) is 1. The molecule has 0 spiro atoms. The molecule has 1 heterocycles. The van der Waals surface area contributed by atoms with Gasteiger partial charge in [0.05, 0.1) is 11.9 Å². The fourth-order valence-corrected chi connectivity index (χ4v) is 2.59. The largest absolute Gasteiger partial charge is 0.380 e. The van der Waals surface area contributed by atoms with Crippen LogP contribution in [0.4, 0.5) is 5.69 Å². The van der Waals surface area contributed by atoms with Crippen molar-refractivity contribution in [2.75, 3.05) is 5.32 Å². The van der Waals surface area contributed by atoms with Gasteiger partial charge in [0.25, 0.3) is 0 Å². The lowest BCUT2D eigenvalue weighted by Gasteiger charge is -2.12. The number of hydrogen-bond acceptors (Lipinski definition) is 2. The van der Waals surface area contributed by atoms with Gasteiger partial charge in [0.15, 0.2) is 0 Å². The molecule has 1 aliphatic carbocycles. The van der Waals surface area contributed by atoms with Gasteiger partial charge < -0.3 is 5.32 Å². The molecule has 3 heteroatoms. The van der Waals surface area contributed by atoms with Gasteiger partial charge in [-0.05, 0) is 52.0 Å². The van der Waals surface area contributed by atoms with E-state index in [-0.39, 0.29) is 0 Å². The maximum Gasteiger partial charge on any atom is 0.106 e. The van der Waals surface area contributed by atoms with Gasteiger partial charge in [-0.3, -0.25) is 0 Å². The average Bonchev–Trinajstić information content (AvgIpc) is 2.74. The Balaban J connectivity index is 1.71. The predicted molar refractivity (Wildman–Crippen MR) is 73.2 cm³/mol. The van der Waals surface area contributed by atoms with E-state index >= 15 is 0 Å². The van der Waals surface area contributed by atoms with Crippen LogP contribution in [0.1, 0.15) is 11.1 Å². The monoisotopic (exact) mass is 288 g/mol. The lowest BCUT2D eigenvalue weighted by Crippen LogP contribution is -2.19. The number of nitrogens with one attached hydrogen (secondary N) is 1. The number of benzene rings is 1. The highest BCUT2D eigenvalue weighted by Crippen LogP contribution is 2.24. The Hall–Kier alpha value is -1.35. The third-order valence-corrected chi connectivity index (χ3v) is 3.62. The van der Waals surface area contributed by atoms with Crippen molar-refractivity contribution < 1.29 is 0 Å². The zero-order chi connectivity index (χ0) is 11.7. The molecule has 2 aromatic rings. The molecule has 0 amide bonds. The van der Waals surface area contributed by atoms with Gasteiger partial charge >= 0.3 is 0 Å². The first-order valence-corrected chi connectivity index (χ1v) is 6.55. The molecule has 0 radical (unpaired) electrons. The first kappa shape index (κ1) is 10.8. The fraction of sp³-hybridized carbons (Fsp3) is 0.214. The topological polar surface area (TPSA) is 24.9 Å². The number of halogens is 1. The second-order valence-electron chi connectivity index (χ2n) is 4.39. The van der Waals surface area contributed by atoms with Crippen molar-refractivity contribution in [3.63, 3.8) is 0 Å². The Morgan fingerprint density at radius 2 is 1.76 bits per heavy atom. The van der Waals surface area contributed by atoms with Gasteiger partial charge in [-0.1, -0.05) is 24.3 Å². The summed E-state index contributed by atoms with van der Waals surface area (Å²) in [7, 11) is 0. The van der Waals surface area contributed by atoms with Crippen LogP contribution in [0.15, 0.2) is 47.2 Å². The number of anilines is 1. The summed E-state index contributed by atoms with van der Waals surface area (Å²) >= 11 is 3.34. The molecule has 0 atom stereocenters. The van der Waals surface area contributed by atoms with E-state index in [1.165, 1.54) is 11.1 Å². The van der Waals surface area contributed by atoms with E-state index in [1.807, 2.05) is 12.3 Å². The minimum Gasteiger partial charge on any atom is -0.380 e. The second-order valence-corrected chi connectivity index (χ2v) is 5.20. The van der Waals surface area contributed by atoms with Crippen molar-refractivity contribution >= 4 is 21.6 Å². The van der Waals surface area contributed by atoms with Crippen molar-refractivity contribution in [1.29, 1.82) is 0 Å². The van der Waals surface area contributed by atoms with E-state index in [1.54, 1.807) is 0 Å². The van der Waals surface area contributed by atoms with Crippen LogP contribution in [0.3, 0.4) is 0 Å². The summed E-state index contributed by atoms with van der Waals surface area (Å²) in [6.07, 6.45) is 4.07. The van der Waals surface area contributed by atoms with Crippen LogP contribution in [0, 0.1) is 0 Å². The number of rotatable bonds is 2. The van der Waals surface area contributed by atoms with E-state index in [4.69, 9.17) is 0 Å². The molecule has 2 nitrogen and oxygen atoms in total. The van der Waals surface area contributed by atoms with Crippen LogP contribution in [0.5, 0.6) is 0 Å². The summed E-state index contributed by atoms with van der Waals surface area (Å²) in [5, 5.41) is 3.53. The van der Waals surface area contributed by atoms with Crippen LogP contribution in [-0.2, 0) is 12.8 Å². The smallest absolute Gasteiger partial charge is 0.106 e. The van der Waals surface area contributed by atoms with Crippen molar-refractivity contribution in [2.24, 2.45) is 0 Å². The number of fused-ring (bicyclic) bond motifs is 1. The molecule has 3 rings (SSSR count). The van der Waals surface area contributed by atoms with Crippen LogP contribution in [-0.4, -0.2) is 11.0 Å². The molecule has 0 unspecified atom stereocenters. The SMILES string of the molecule is Brc1ccc(NC2Cc3ccccc3C2)cn1. The Morgan fingerprint density at radius 3 is 2.35 bits per heavy atom. The molecular formula is C14H13BrN2. The Kier molecular flexibility index (Phi) is 2.85. The number of pyridine rings is 1. The van der Waals surface area contributed by atoms with Gasteiger partial charge in [-0.15, -0.1) is 0 Å². The minimum atomic E-state index is 0.496. The zero-order valence-corrected chi connectivity index (χ0v) is 10.9. The highest BCUT2D eigenvalue weighted by Gasteiger charge is 2.20. The summed E-state index contributed by atoms with van der Waals surface area (Å²) in [6.45, 7) is 0. The average molecular weight is 289 g/mol. The predicted octanol–water partition coefficient (Wildman–Crippen LogP) is 3.42. The normalized spacial score (nSPS) is 14.6. The van der Waals surface area contributed by atoms with Crippen molar-refractivity contribution in [3.05, 3.63) is 58.3 Å². The molecule has 1 aromatic carbocycles. The molecule has 17 heavy (non-hydrogen) atoms. The zero-order valence-electron chi connectivity index (χ0n) is 9.36. The van der Waals surface area contributed by atoms with E-state index in [0.29, 0.717) is 6.04 Å². The third kappa shape index (κ3) is 2.34. The van der Waals surface area contributed by atoms with Crippen LogP contribution < -0.4 is 5.32 Å². The minimum absolute atomic E-state index is 0.496. The molecule has 0 aliphatic heterocycles. The van der Waals surface area contributed by atoms with Gasteiger partial charge in [0.1, 0.15) is 4.60 Å². The van der Waals surface area contributed by atoms with Gasteiger partial charge in [-0.25, -0.2) is 4.98 Å². The lowest BCUT2D eigenvalue weighted by atomic mass is 10.1. The molecule has 0 saturated heterocycles. The van der Waals surface area contributed by atoms with E-state index in [2.05, 4.69) is 56.6 Å². The maximum atomic E-state index is 4.22. The van der Waals surface area contributed by atoms with E-state index in [9.17, 15) is 0 Å². The summed E-state index contributed by atoms with van der Waals surface area (Å²) in [6, 6.07) is 13.2. The van der Waals surface area contributed by atoms with E-state index in [0.717, 1.165) is 23.1 Å². The summed E-state index contributed by atoms with van der Waals surface area (Å²) in [5.74, 6) is 0. The molecule has 1 N–H and O–H groups in total. The molecule has 0 bridgehead atoms. The Bertz CT molecular complexity index is 497. The van der Waals surface area contributed by atoms with Gasteiger partial charge in [0.2, 0.25) is 0 Å². The van der Waals surface area contributed by atoms with Crippen LogP contribution >= 0.6 is 15.9 Å². The number of hydrogen-bond donors (Lipinski definition) is 1. The van der Waals surface area contributed by atoms with E-state index < -0.39 is 0 Å². The summed E-state index contributed by atoms with van der Waals surface area (Å²) in [5.41, 5.74) is 4.02. The standard InChI is InChI=1S/C14H13BrN2/c15-14-6-5-12(9-16-14)17-13-7-10-3-1-2-4-11(10)8-13/h1-6,9,13,17H,7-8H2. The summed E-state index contributed by atoms with van der Waals surface area (Å²) < 4.78 is 0.873. The molecule has 1 aliphatic rings. The number of aromatic nitrogens is 1. The van der Waals surface area contributed by atoms with Crippen LogP contribution in [0.25, 0.3) is 0 Å². The summed E-state index contributed by atoms with van der Waals surface area (Å²) in [4.78, 5) is 4.22. The van der Waals surface area contributed by atoms with Gasteiger partial charge in [0, 0.05) is 6.04 Å².